The molecular weight excluding hydrogens is 312 g/mol. The van der Waals surface area contributed by atoms with Crippen molar-refractivity contribution in [3.05, 3.63) is 58.7 Å². The molecule has 0 bridgehead atoms. The minimum Gasteiger partial charge on any atom is -0.218 e. The van der Waals surface area contributed by atoms with Crippen LogP contribution in [0, 0.1) is 45.3 Å². The van der Waals surface area contributed by atoms with Crippen LogP contribution in [0.1, 0.15) is 22.3 Å². The molecule has 0 radical (unpaired) electrons. The second-order valence-corrected chi connectivity index (χ2v) is 6.23. The minimum atomic E-state index is -4.11. The molecule has 2 aromatic carbocycles. The average Bonchev–Trinajstić information content (AvgIpc) is 2.60. The van der Waals surface area contributed by atoms with Crippen molar-refractivity contribution >= 4 is 9.84 Å². The van der Waals surface area contributed by atoms with Crippen molar-refractivity contribution in [2.24, 2.45) is 0 Å². The van der Waals surface area contributed by atoms with Crippen LogP contribution in [0.5, 0.6) is 0 Å². The Morgan fingerprint density at radius 1 is 0.739 bits per heavy atom. The van der Waals surface area contributed by atoms with Gasteiger partial charge in [0.25, 0.3) is 0 Å². The summed E-state index contributed by atoms with van der Waals surface area (Å²) in [5, 5.41) is 36.6. The van der Waals surface area contributed by atoms with Gasteiger partial charge in [0.15, 0.2) is 0 Å². The molecule has 0 saturated heterocycles. The second kappa shape index (κ2) is 6.00. The molecule has 0 aromatic heterocycles. The first kappa shape index (κ1) is 15.7. The lowest BCUT2D eigenvalue weighted by Gasteiger charge is -2.09. The second-order valence-electron chi connectivity index (χ2n) is 4.31. The molecule has 0 aliphatic carbocycles. The Kier molecular flexibility index (Phi) is 4.10. The molecule has 2 rings (SSSR count). The highest BCUT2D eigenvalue weighted by molar-refractivity contribution is 7.91. The van der Waals surface area contributed by atoms with E-state index in [0.717, 1.165) is 6.07 Å². The molecule has 0 aliphatic rings. The summed E-state index contributed by atoms with van der Waals surface area (Å²) >= 11 is 0. The summed E-state index contributed by atoms with van der Waals surface area (Å²) < 4.78 is 25.4. The van der Waals surface area contributed by atoms with Gasteiger partial charge in [0.05, 0.1) is 32.0 Å². The lowest BCUT2D eigenvalue weighted by atomic mass is 9.98. The fraction of sp³-hybridized carbons (Fsp3) is 0. The van der Waals surface area contributed by atoms with Gasteiger partial charge >= 0.3 is 0 Å². The summed E-state index contributed by atoms with van der Waals surface area (Å²) in [5.74, 6) is 0. The maximum absolute atomic E-state index is 12.7. The SMILES string of the molecule is N#Cc1cc(S(=O)(=O)c2ccccc2)c(C#N)c(C#N)c1C#N. The molecule has 0 fully saturated rings. The minimum absolute atomic E-state index is 0.0750. The predicted octanol–water partition coefficient (Wildman–Crippen LogP) is 2.01. The van der Waals surface area contributed by atoms with E-state index < -0.39 is 25.9 Å². The number of hydrogen-bond donors (Lipinski definition) is 0. The number of nitriles is 4. The van der Waals surface area contributed by atoms with Crippen LogP contribution in [0.2, 0.25) is 0 Å². The van der Waals surface area contributed by atoms with E-state index >= 15 is 0 Å². The van der Waals surface area contributed by atoms with E-state index in [0.29, 0.717) is 0 Å². The number of sulfone groups is 1. The Hall–Kier alpha value is -3.65. The third-order valence-corrected chi connectivity index (χ3v) is 4.88. The molecule has 0 heterocycles. The molecule has 7 heteroatoms. The highest BCUT2D eigenvalue weighted by Gasteiger charge is 2.27. The van der Waals surface area contributed by atoms with Crippen LogP contribution in [0.25, 0.3) is 0 Å². The molecule has 6 nitrogen and oxygen atoms in total. The molecule has 0 N–H and O–H groups in total. The monoisotopic (exact) mass is 318 g/mol. The molecule has 0 unspecified atom stereocenters. The Bertz CT molecular complexity index is 1060. The van der Waals surface area contributed by atoms with Crippen LogP contribution in [-0.4, -0.2) is 8.42 Å². The zero-order valence-electron chi connectivity index (χ0n) is 11.5. The Morgan fingerprint density at radius 2 is 1.30 bits per heavy atom. The van der Waals surface area contributed by atoms with E-state index in [2.05, 4.69) is 0 Å². The van der Waals surface area contributed by atoms with Crippen molar-refractivity contribution in [3.63, 3.8) is 0 Å². The molecule has 23 heavy (non-hydrogen) atoms. The molecule has 0 aliphatic heterocycles. The van der Waals surface area contributed by atoms with Gasteiger partial charge in [0, 0.05) is 0 Å². The summed E-state index contributed by atoms with van der Waals surface area (Å²) in [5.41, 5.74) is -1.42. The molecule has 108 valence electrons. The highest BCUT2D eigenvalue weighted by atomic mass is 32.2. The highest BCUT2D eigenvalue weighted by Crippen LogP contribution is 2.29. The maximum atomic E-state index is 12.7. The van der Waals surface area contributed by atoms with Gasteiger partial charge in [0.1, 0.15) is 24.3 Å². The number of benzene rings is 2. The quantitative estimate of drug-likeness (QED) is 0.832. The van der Waals surface area contributed by atoms with Crippen molar-refractivity contribution in [2.75, 3.05) is 0 Å². The van der Waals surface area contributed by atoms with E-state index in [9.17, 15) is 18.9 Å². The fourth-order valence-corrected chi connectivity index (χ4v) is 3.48. The Balaban J connectivity index is 2.97. The van der Waals surface area contributed by atoms with Crippen molar-refractivity contribution in [1.82, 2.24) is 0 Å². The van der Waals surface area contributed by atoms with Gasteiger partial charge in [-0.15, -0.1) is 0 Å². The predicted molar refractivity (Wildman–Crippen MR) is 77.2 cm³/mol. The third-order valence-electron chi connectivity index (χ3n) is 3.09. The van der Waals surface area contributed by atoms with Crippen molar-refractivity contribution in [2.45, 2.75) is 9.79 Å². The zero-order valence-corrected chi connectivity index (χ0v) is 12.3. The van der Waals surface area contributed by atoms with Crippen LogP contribution in [0.4, 0.5) is 0 Å². The van der Waals surface area contributed by atoms with Crippen LogP contribution < -0.4 is 0 Å². The van der Waals surface area contributed by atoms with E-state index in [-0.39, 0.29) is 16.0 Å². The van der Waals surface area contributed by atoms with Gasteiger partial charge in [-0.25, -0.2) is 8.42 Å². The molecule has 2 aromatic rings. The van der Waals surface area contributed by atoms with Crippen LogP contribution in [-0.2, 0) is 9.84 Å². The van der Waals surface area contributed by atoms with Gasteiger partial charge in [-0.1, -0.05) is 18.2 Å². The first-order valence-corrected chi connectivity index (χ1v) is 7.61. The smallest absolute Gasteiger partial charge is 0.207 e. The fourth-order valence-electron chi connectivity index (χ4n) is 2.02. The normalized spacial score (nSPS) is 9.91. The third kappa shape index (κ3) is 2.49. The summed E-state index contributed by atoms with van der Waals surface area (Å²) in [4.78, 5) is -0.535. The topological polar surface area (TPSA) is 129 Å². The van der Waals surface area contributed by atoms with E-state index in [4.69, 9.17) is 10.5 Å². The molecular formula is C16H6N4O2S. The van der Waals surface area contributed by atoms with Gasteiger partial charge in [-0.3, -0.25) is 0 Å². The lowest BCUT2D eigenvalue weighted by molar-refractivity contribution is 0.595. The molecule has 0 spiro atoms. The Labute approximate surface area is 132 Å². The van der Waals surface area contributed by atoms with E-state index in [1.165, 1.54) is 24.3 Å². The molecule has 0 saturated carbocycles. The van der Waals surface area contributed by atoms with Crippen molar-refractivity contribution in [1.29, 1.82) is 21.0 Å². The number of hydrogen-bond acceptors (Lipinski definition) is 6. The van der Waals surface area contributed by atoms with Gasteiger partial charge in [-0.05, 0) is 18.2 Å². The standard InChI is InChI=1S/C16H6N4O2S/c17-7-11-6-16(15(10-20)14(9-19)13(11)8-18)23(21,22)12-4-2-1-3-5-12/h1-6H. The van der Waals surface area contributed by atoms with Gasteiger partial charge < -0.3 is 0 Å². The van der Waals surface area contributed by atoms with Crippen LogP contribution in [0.3, 0.4) is 0 Å². The number of rotatable bonds is 2. The summed E-state index contributed by atoms with van der Waals surface area (Å²) in [6.07, 6.45) is 0. The summed E-state index contributed by atoms with van der Waals surface area (Å²) in [6, 6.07) is 15.0. The van der Waals surface area contributed by atoms with E-state index in [1.54, 1.807) is 30.3 Å². The van der Waals surface area contributed by atoms with Gasteiger partial charge in [0.2, 0.25) is 9.84 Å². The summed E-state index contributed by atoms with van der Waals surface area (Å²) in [7, 11) is -4.11. The van der Waals surface area contributed by atoms with Crippen molar-refractivity contribution < 1.29 is 8.42 Å². The first-order valence-electron chi connectivity index (χ1n) is 6.12. The molecule has 0 atom stereocenters. The van der Waals surface area contributed by atoms with E-state index in [1.807, 2.05) is 0 Å². The van der Waals surface area contributed by atoms with Gasteiger partial charge in [-0.2, -0.15) is 21.0 Å². The average molecular weight is 318 g/mol. The van der Waals surface area contributed by atoms with Crippen LogP contribution >= 0.6 is 0 Å². The zero-order chi connectivity index (χ0) is 17.0. The Morgan fingerprint density at radius 3 is 1.78 bits per heavy atom. The lowest BCUT2D eigenvalue weighted by Crippen LogP contribution is -2.08. The van der Waals surface area contributed by atoms with Crippen molar-refractivity contribution in [3.8, 4) is 24.3 Å². The maximum Gasteiger partial charge on any atom is 0.207 e. The molecule has 0 amide bonds. The number of nitrogens with zero attached hydrogens (tertiary/aromatic N) is 4. The first-order chi connectivity index (χ1) is 11.0. The largest absolute Gasteiger partial charge is 0.218 e. The van der Waals surface area contributed by atoms with Crippen LogP contribution in [0.15, 0.2) is 46.2 Å². The summed E-state index contributed by atoms with van der Waals surface area (Å²) in [6.45, 7) is 0.